The molecular formula is C17H25F2N3O3. The average molecular weight is 357 g/mol. The Labute approximate surface area is 145 Å². The predicted octanol–water partition coefficient (Wildman–Crippen LogP) is 2.50. The lowest BCUT2D eigenvalue weighted by atomic mass is 9.91. The van der Waals surface area contributed by atoms with Crippen molar-refractivity contribution in [1.82, 2.24) is 15.6 Å². The summed E-state index contributed by atoms with van der Waals surface area (Å²) >= 11 is 0. The molecule has 1 aromatic heterocycles. The Balaban J connectivity index is 1.88. The van der Waals surface area contributed by atoms with Gasteiger partial charge in [-0.3, -0.25) is 4.79 Å². The van der Waals surface area contributed by atoms with Crippen LogP contribution in [0.1, 0.15) is 50.9 Å². The molecule has 0 radical (unpaired) electrons. The zero-order chi connectivity index (χ0) is 18.7. The first-order chi connectivity index (χ1) is 11.6. The lowest BCUT2D eigenvalue weighted by molar-refractivity contribution is -0.00602. The molecule has 1 aliphatic rings. The molecular weight excluding hydrogens is 332 g/mol. The summed E-state index contributed by atoms with van der Waals surface area (Å²) in [5.74, 6) is -3.11. The number of hydrogen-bond acceptors (Lipinski definition) is 4. The minimum atomic E-state index is -3.11. The van der Waals surface area contributed by atoms with E-state index in [-0.39, 0.29) is 11.6 Å². The summed E-state index contributed by atoms with van der Waals surface area (Å²) in [6, 6.07) is 2.84. The number of hydrogen-bond donors (Lipinski definition) is 3. The highest BCUT2D eigenvalue weighted by Crippen LogP contribution is 2.28. The Morgan fingerprint density at radius 2 is 2.04 bits per heavy atom. The smallest absolute Gasteiger partial charge is 0.407 e. The second-order valence-corrected chi connectivity index (χ2v) is 7.29. The first-order valence-corrected chi connectivity index (χ1v) is 8.36. The third-order valence-corrected chi connectivity index (χ3v) is 3.83. The summed E-state index contributed by atoms with van der Waals surface area (Å²) < 4.78 is 33.0. The molecule has 1 heterocycles. The maximum Gasteiger partial charge on any atom is 0.407 e. The quantitative estimate of drug-likeness (QED) is 0.756. The average Bonchev–Trinajstić information content (AvgIpc) is 2.49. The number of aryl methyl sites for hydroxylation is 1. The van der Waals surface area contributed by atoms with Gasteiger partial charge in [0, 0.05) is 17.8 Å². The van der Waals surface area contributed by atoms with Crippen molar-refractivity contribution in [3.63, 3.8) is 0 Å². The highest BCUT2D eigenvalue weighted by molar-refractivity contribution is 5.67. The van der Waals surface area contributed by atoms with Gasteiger partial charge in [0.2, 0.25) is 5.56 Å². The number of rotatable bonds is 5. The fourth-order valence-corrected chi connectivity index (χ4v) is 2.76. The molecule has 8 heteroatoms. The molecule has 3 N–H and O–H groups in total. The van der Waals surface area contributed by atoms with E-state index >= 15 is 0 Å². The molecule has 1 unspecified atom stereocenters. The summed E-state index contributed by atoms with van der Waals surface area (Å²) in [5, 5.41) is 4.94. The van der Waals surface area contributed by atoms with E-state index < -0.39 is 30.7 Å². The molecule has 1 amide bonds. The van der Waals surface area contributed by atoms with E-state index in [1.807, 2.05) is 0 Å². The van der Waals surface area contributed by atoms with Gasteiger partial charge in [-0.05, 0) is 45.6 Å². The minimum Gasteiger partial charge on any atom is -0.444 e. The van der Waals surface area contributed by atoms with Gasteiger partial charge in [-0.1, -0.05) is 6.07 Å². The van der Waals surface area contributed by atoms with Crippen LogP contribution in [0.2, 0.25) is 0 Å². The first kappa shape index (κ1) is 19.4. The Morgan fingerprint density at radius 1 is 1.32 bits per heavy atom. The van der Waals surface area contributed by atoms with E-state index in [1.54, 1.807) is 26.8 Å². The molecule has 6 nitrogen and oxygen atoms in total. The van der Waals surface area contributed by atoms with Gasteiger partial charge in [-0.2, -0.15) is 0 Å². The second kappa shape index (κ2) is 7.51. The number of ether oxygens (including phenoxy) is 1. The number of carbonyl (C=O) groups is 1. The maximum absolute atomic E-state index is 14.0. The van der Waals surface area contributed by atoms with Crippen LogP contribution in [0.15, 0.2) is 16.9 Å². The lowest BCUT2D eigenvalue weighted by Gasteiger charge is -2.28. The van der Waals surface area contributed by atoms with Crippen molar-refractivity contribution in [3.05, 3.63) is 33.7 Å². The van der Waals surface area contributed by atoms with E-state index in [0.29, 0.717) is 6.42 Å². The standard InChI is InChI=1S/C17H25F2N3O3/c1-16(2,3)25-15(24)21-10-17(18,19)9-20-12-5-4-6-13-11(12)7-8-14(23)22-13/h7-8,12,20H,4-6,9-10H2,1-3H3,(H,21,24)(H,22,23). The van der Waals surface area contributed by atoms with Gasteiger partial charge in [0.25, 0.3) is 5.92 Å². The number of aromatic nitrogens is 1. The molecule has 0 aliphatic heterocycles. The summed E-state index contributed by atoms with van der Waals surface area (Å²) in [7, 11) is 0. The molecule has 0 spiro atoms. The van der Waals surface area contributed by atoms with Gasteiger partial charge in [0.1, 0.15) is 5.60 Å². The van der Waals surface area contributed by atoms with E-state index in [0.717, 1.165) is 24.1 Å². The van der Waals surface area contributed by atoms with Gasteiger partial charge in [0.05, 0.1) is 13.1 Å². The third-order valence-electron chi connectivity index (χ3n) is 3.83. The molecule has 140 valence electrons. The van der Waals surface area contributed by atoms with E-state index in [2.05, 4.69) is 15.6 Å². The number of alkyl carbamates (subject to hydrolysis) is 1. The molecule has 0 bridgehead atoms. The number of nitrogens with one attached hydrogen (secondary N) is 3. The van der Waals surface area contributed by atoms with Crippen molar-refractivity contribution < 1.29 is 18.3 Å². The van der Waals surface area contributed by atoms with Gasteiger partial charge in [-0.25, -0.2) is 13.6 Å². The van der Waals surface area contributed by atoms with Crippen LogP contribution in [-0.2, 0) is 11.2 Å². The molecule has 0 fully saturated rings. The van der Waals surface area contributed by atoms with Crippen LogP contribution >= 0.6 is 0 Å². The SMILES string of the molecule is CC(C)(C)OC(=O)NCC(F)(F)CNC1CCCc2[nH]c(=O)ccc21. The van der Waals surface area contributed by atoms with Crippen LogP contribution in [0.5, 0.6) is 0 Å². The van der Waals surface area contributed by atoms with Gasteiger partial charge in [0.15, 0.2) is 0 Å². The summed E-state index contributed by atoms with van der Waals surface area (Å²) in [6.07, 6.45) is 1.40. The largest absolute Gasteiger partial charge is 0.444 e. The molecule has 25 heavy (non-hydrogen) atoms. The molecule has 2 rings (SSSR count). The Bertz CT molecular complexity index is 668. The monoisotopic (exact) mass is 357 g/mol. The fourth-order valence-electron chi connectivity index (χ4n) is 2.76. The van der Waals surface area contributed by atoms with Crippen LogP contribution < -0.4 is 16.2 Å². The number of aromatic amines is 1. The van der Waals surface area contributed by atoms with Crippen LogP contribution in [0.3, 0.4) is 0 Å². The number of alkyl halides is 2. The summed E-state index contributed by atoms with van der Waals surface area (Å²) in [5.41, 5.74) is 0.722. The maximum atomic E-state index is 14.0. The topological polar surface area (TPSA) is 83.2 Å². The van der Waals surface area contributed by atoms with E-state index in [9.17, 15) is 18.4 Å². The zero-order valence-electron chi connectivity index (χ0n) is 14.7. The number of halogens is 2. The van der Waals surface area contributed by atoms with E-state index in [1.165, 1.54) is 6.07 Å². The van der Waals surface area contributed by atoms with Crippen molar-refractivity contribution in [2.75, 3.05) is 13.1 Å². The van der Waals surface area contributed by atoms with Gasteiger partial charge >= 0.3 is 6.09 Å². The van der Waals surface area contributed by atoms with E-state index in [4.69, 9.17) is 4.74 Å². The normalized spacial score (nSPS) is 17.7. The third kappa shape index (κ3) is 6.12. The molecule has 0 saturated heterocycles. The number of amides is 1. The number of carbonyl (C=O) groups excluding carboxylic acids is 1. The van der Waals surface area contributed by atoms with Crippen LogP contribution in [0.4, 0.5) is 13.6 Å². The van der Waals surface area contributed by atoms with Crippen LogP contribution in [0.25, 0.3) is 0 Å². The Hall–Kier alpha value is -1.96. The zero-order valence-corrected chi connectivity index (χ0v) is 14.7. The fraction of sp³-hybridized carbons (Fsp3) is 0.647. The first-order valence-electron chi connectivity index (χ1n) is 8.36. The van der Waals surface area contributed by atoms with Crippen molar-refractivity contribution in [2.45, 2.75) is 57.6 Å². The van der Waals surface area contributed by atoms with Crippen molar-refractivity contribution >= 4 is 6.09 Å². The highest BCUT2D eigenvalue weighted by atomic mass is 19.3. The highest BCUT2D eigenvalue weighted by Gasteiger charge is 2.32. The number of fused-ring (bicyclic) bond motifs is 1. The van der Waals surface area contributed by atoms with Crippen molar-refractivity contribution in [2.24, 2.45) is 0 Å². The summed E-state index contributed by atoms with van der Waals surface area (Å²) in [6.45, 7) is 3.61. The summed E-state index contributed by atoms with van der Waals surface area (Å²) in [4.78, 5) is 25.6. The van der Waals surface area contributed by atoms with Gasteiger partial charge < -0.3 is 20.4 Å². The molecule has 1 aromatic rings. The van der Waals surface area contributed by atoms with Crippen LogP contribution in [-0.4, -0.2) is 35.7 Å². The molecule has 0 aromatic carbocycles. The number of H-pyrrole nitrogens is 1. The Morgan fingerprint density at radius 3 is 2.72 bits per heavy atom. The predicted molar refractivity (Wildman–Crippen MR) is 89.9 cm³/mol. The molecule has 0 saturated carbocycles. The minimum absolute atomic E-state index is 0.189. The Kier molecular flexibility index (Phi) is 5.82. The second-order valence-electron chi connectivity index (χ2n) is 7.29. The van der Waals surface area contributed by atoms with Crippen LogP contribution in [0, 0.1) is 0 Å². The number of pyridine rings is 1. The van der Waals surface area contributed by atoms with Crippen molar-refractivity contribution in [1.29, 1.82) is 0 Å². The van der Waals surface area contributed by atoms with Gasteiger partial charge in [-0.15, -0.1) is 0 Å². The lowest BCUT2D eigenvalue weighted by Crippen LogP contribution is -2.45. The van der Waals surface area contributed by atoms with Crippen molar-refractivity contribution in [3.8, 4) is 0 Å². The molecule has 1 atom stereocenters. The molecule has 1 aliphatic carbocycles.